The van der Waals surface area contributed by atoms with E-state index in [0.717, 1.165) is 26.2 Å². The molecule has 0 spiro atoms. The highest BCUT2D eigenvalue weighted by molar-refractivity contribution is 5.81. The van der Waals surface area contributed by atoms with E-state index in [4.69, 9.17) is 9.47 Å². The average Bonchev–Trinajstić information content (AvgIpc) is 2.80. The summed E-state index contributed by atoms with van der Waals surface area (Å²) in [6.45, 7) is 4.36. The molecule has 2 N–H and O–H groups in total. The predicted octanol–water partition coefficient (Wildman–Crippen LogP) is -0.872. The Morgan fingerprint density at radius 3 is 3.07 bits per heavy atom. The van der Waals surface area contributed by atoms with Crippen molar-refractivity contribution in [1.29, 1.82) is 0 Å². The molecule has 2 rings (SSSR count). The summed E-state index contributed by atoms with van der Waals surface area (Å²) in [7, 11) is 0. The van der Waals surface area contributed by atoms with Crippen molar-refractivity contribution in [3.63, 3.8) is 0 Å². The van der Waals surface area contributed by atoms with Crippen molar-refractivity contribution in [3.05, 3.63) is 0 Å². The van der Waals surface area contributed by atoms with E-state index in [1.807, 2.05) is 0 Å². The number of hydrogen-bond acceptors (Lipinski definition) is 4. The lowest BCUT2D eigenvalue weighted by Gasteiger charge is -2.23. The Kier molecular flexibility index (Phi) is 3.94. The first-order chi connectivity index (χ1) is 7.36. The molecular formula is C10H18N2O3. The zero-order valence-corrected chi connectivity index (χ0v) is 8.83. The first kappa shape index (κ1) is 10.9. The van der Waals surface area contributed by atoms with Crippen LogP contribution in [0.3, 0.4) is 0 Å². The van der Waals surface area contributed by atoms with E-state index >= 15 is 0 Å². The van der Waals surface area contributed by atoms with Crippen molar-refractivity contribution >= 4 is 5.91 Å². The number of morpholine rings is 1. The molecule has 0 aromatic carbocycles. The third-order valence-electron chi connectivity index (χ3n) is 2.81. The summed E-state index contributed by atoms with van der Waals surface area (Å²) in [5, 5.41) is 6.04. The van der Waals surface area contributed by atoms with Crippen molar-refractivity contribution in [3.8, 4) is 0 Å². The SMILES string of the molecule is O=C(NCC1CCOC1)C1CNCCO1. The third-order valence-corrected chi connectivity index (χ3v) is 2.81. The fourth-order valence-electron chi connectivity index (χ4n) is 1.84. The number of rotatable bonds is 3. The van der Waals surface area contributed by atoms with Gasteiger partial charge in [-0.15, -0.1) is 0 Å². The minimum absolute atomic E-state index is 0.00546. The maximum atomic E-state index is 11.6. The Bertz CT molecular complexity index is 211. The topological polar surface area (TPSA) is 59.6 Å². The van der Waals surface area contributed by atoms with Crippen LogP contribution in [0.4, 0.5) is 0 Å². The third kappa shape index (κ3) is 3.15. The van der Waals surface area contributed by atoms with Crippen LogP contribution in [-0.4, -0.2) is 51.5 Å². The number of hydrogen-bond donors (Lipinski definition) is 2. The van der Waals surface area contributed by atoms with Gasteiger partial charge in [-0.05, 0) is 6.42 Å². The maximum Gasteiger partial charge on any atom is 0.250 e. The van der Waals surface area contributed by atoms with E-state index in [1.54, 1.807) is 0 Å². The van der Waals surface area contributed by atoms with Gasteiger partial charge in [-0.1, -0.05) is 0 Å². The summed E-state index contributed by atoms with van der Waals surface area (Å²) in [6, 6.07) is 0. The molecule has 5 heteroatoms. The molecule has 2 aliphatic heterocycles. The van der Waals surface area contributed by atoms with E-state index in [1.165, 1.54) is 0 Å². The molecule has 1 amide bonds. The quantitative estimate of drug-likeness (QED) is 0.641. The first-order valence-corrected chi connectivity index (χ1v) is 5.54. The largest absolute Gasteiger partial charge is 0.381 e. The van der Waals surface area contributed by atoms with Gasteiger partial charge in [0.15, 0.2) is 0 Å². The summed E-state index contributed by atoms with van der Waals surface area (Å²) < 4.78 is 10.6. The van der Waals surface area contributed by atoms with Crippen molar-refractivity contribution in [1.82, 2.24) is 10.6 Å². The highest BCUT2D eigenvalue weighted by Crippen LogP contribution is 2.10. The van der Waals surface area contributed by atoms with Gasteiger partial charge < -0.3 is 20.1 Å². The molecule has 0 aliphatic carbocycles. The molecule has 5 nitrogen and oxygen atoms in total. The minimum atomic E-state index is -0.318. The standard InChI is InChI=1S/C10H18N2O3/c13-10(9-6-11-2-4-15-9)12-5-8-1-3-14-7-8/h8-9,11H,1-7H2,(H,12,13). The van der Waals surface area contributed by atoms with E-state index in [0.29, 0.717) is 25.6 Å². The molecule has 0 bridgehead atoms. The van der Waals surface area contributed by atoms with Gasteiger partial charge in [0.25, 0.3) is 0 Å². The molecule has 0 aromatic heterocycles. The fourth-order valence-corrected chi connectivity index (χ4v) is 1.84. The van der Waals surface area contributed by atoms with Crippen LogP contribution < -0.4 is 10.6 Å². The number of carbonyl (C=O) groups excluding carboxylic acids is 1. The molecular weight excluding hydrogens is 196 g/mol. The number of amides is 1. The summed E-state index contributed by atoms with van der Waals surface area (Å²) in [5.74, 6) is 0.472. The molecule has 0 saturated carbocycles. The molecule has 2 heterocycles. The van der Waals surface area contributed by atoms with Crippen molar-refractivity contribution in [2.45, 2.75) is 12.5 Å². The van der Waals surface area contributed by atoms with Gasteiger partial charge in [0.05, 0.1) is 13.2 Å². The zero-order valence-electron chi connectivity index (χ0n) is 8.83. The van der Waals surface area contributed by atoms with Crippen LogP contribution in [0.15, 0.2) is 0 Å². The lowest BCUT2D eigenvalue weighted by atomic mass is 10.1. The Balaban J connectivity index is 1.66. The van der Waals surface area contributed by atoms with Crippen LogP contribution in [0.25, 0.3) is 0 Å². The minimum Gasteiger partial charge on any atom is -0.381 e. The Morgan fingerprint density at radius 2 is 2.40 bits per heavy atom. The molecule has 2 aliphatic rings. The normalized spacial score (nSPS) is 31.5. The molecule has 86 valence electrons. The zero-order chi connectivity index (χ0) is 10.5. The van der Waals surface area contributed by atoms with Crippen LogP contribution >= 0.6 is 0 Å². The van der Waals surface area contributed by atoms with Gasteiger partial charge in [-0.3, -0.25) is 4.79 Å². The van der Waals surface area contributed by atoms with Gasteiger partial charge >= 0.3 is 0 Å². The number of carbonyl (C=O) groups is 1. The second kappa shape index (κ2) is 5.44. The van der Waals surface area contributed by atoms with E-state index < -0.39 is 0 Å². The lowest BCUT2D eigenvalue weighted by molar-refractivity contribution is -0.134. The van der Waals surface area contributed by atoms with Gasteiger partial charge in [-0.2, -0.15) is 0 Å². The van der Waals surface area contributed by atoms with Crippen LogP contribution in [-0.2, 0) is 14.3 Å². The first-order valence-electron chi connectivity index (χ1n) is 5.54. The molecule has 2 saturated heterocycles. The molecule has 15 heavy (non-hydrogen) atoms. The van der Waals surface area contributed by atoms with Crippen LogP contribution in [0.2, 0.25) is 0 Å². The monoisotopic (exact) mass is 214 g/mol. The summed E-state index contributed by atoms with van der Waals surface area (Å²) >= 11 is 0. The van der Waals surface area contributed by atoms with E-state index in [9.17, 15) is 4.79 Å². The maximum absolute atomic E-state index is 11.6. The summed E-state index contributed by atoms with van der Waals surface area (Å²) in [5.41, 5.74) is 0. The second-order valence-corrected chi connectivity index (χ2v) is 4.04. The molecule has 2 fully saturated rings. The van der Waals surface area contributed by atoms with Crippen LogP contribution in [0, 0.1) is 5.92 Å². The van der Waals surface area contributed by atoms with E-state index in [-0.39, 0.29) is 12.0 Å². The van der Waals surface area contributed by atoms with E-state index in [2.05, 4.69) is 10.6 Å². The average molecular weight is 214 g/mol. The van der Waals surface area contributed by atoms with Crippen molar-refractivity contribution in [2.75, 3.05) is 39.5 Å². The van der Waals surface area contributed by atoms with Crippen molar-refractivity contribution < 1.29 is 14.3 Å². The molecule has 0 radical (unpaired) electrons. The van der Waals surface area contributed by atoms with Crippen molar-refractivity contribution in [2.24, 2.45) is 5.92 Å². The van der Waals surface area contributed by atoms with Crippen LogP contribution in [0.5, 0.6) is 0 Å². The second-order valence-electron chi connectivity index (χ2n) is 4.04. The Labute approximate surface area is 89.5 Å². The highest BCUT2D eigenvalue weighted by Gasteiger charge is 2.23. The smallest absolute Gasteiger partial charge is 0.250 e. The van der Waals surface area contributed by atoms with Gasteiger partial charge in [0.1, 0.15) is 6.10 Å². The van der Waals surface area contributed by atoms with Crippen LogP contribution in [0.1, 0.15) is 6.42 Å². The fraction of sp³-hybridized carbons (Fsp3) is 0.900. The predicted molar refractivity (Wildman–Crippen MR) is 54.5 cm³/mol. The Morgan fingerprint density at radius 1 is 1.47 bits per heavy atom. The van der Waals surface area contributed by atoms with Gasteiger partial charge in [0, 0.05) is 32.2 Å². The number of nitrogens with one attached hydrogen (secondary N) is 2. The molecule has 0 aromatic rings. The lowest BCUT2D eigenvalue weighted by Crippen LogP contribution is -2.48. The van der Waals surface area contributed by atoms with Gasteiger partial charge in [-0.25, -0.2) is 0 Å². The molecule has 2 unspecified atom stereocenters. The summed E-state index contributed by atoms with van der Waals surface area (Å²) in [6.07, 6.45) is 0.727. The summed E-state index contributed by atoms with van der Waals surface area (Å²) in [4.78, 5) is 11.6. The highest BCUT2D eigenvalue weighted by atomic mass is 16.5. The Hall–Kier alpha value is -0.650. The molecule has 2 atom stereocenters. The van der Waals surface area contributed by atoms with Gasteiger partial charge in [0.2, 0.25) is 5.91 Å². The number of ether oxygens (including phenoxy) is 2.